The van der Waals surface area contributed by atoms with Gasteiger partial charge in [0, 0.05) is 4.47 Å². The summed E-state index contributed by atoms with van der Waals surface area (Å²) in [6.45, 7) is 3.94. The van der Waals surface area contributed by atoms with Gasteiger partial charge in [-0.1, -0.05) is 41.5 Å². The molecule has 0 unspecified atom stereocenters. The Hall–Kier alpha value is -1.37. The van der Waals surface area contributed by atoms with Gasteiger partial charge in [-0.3, -0.25) is 4.72 Å². The molecule has 0 amide bonds. The minimum Gasteiger partial charge on any atom is -0.277 e. The van der Waals surface area contributed by atoms with Crippen molar-refractivity contribution < 1.29 is 8.42 Å². The molecule has 1 N–H and O–H groups in total. The fourth-order valence-corrected chi connectivity index (χ4v) is 5.29. The molecule has 0 heterocycles. The van der Waals surface area contributed by atoms with Crippen LogP contribution in [-0.2, 0) is 10.0 Å². The van der Waals surface area contributed by atoms with E-state index >= 15 is 0 Å². The summed E-state index contributed by atoms with van der Waals surface area (Å²) >= 11 is 7.01. The van der Waals surface area contributed by atoms with E-state index in [4.69, 9.17) is 0 Å². The maximum Gasteiger partial charge on any atom is 0.261 e. The lowest BCUT2D eigenvalue weighted by molar-refractivity contribution is 0.601. The van der Waals surface area contributed by atoms with E-state index in [2.05, 4.69) is 42.6 Å². The SMILES string of the molecule is Cc1ccc(S(=O)(=O)Nc2c(Br)cc3cc(C)ccc3c2Br)cc1. The number of anilines is 1. The molecule has 6 heteroatoms. The average Bonchev–Trinajstić information content (AvgIpc) is 2.51. The predicted molar refractivity (Wildman–Crippen MR) is 106 cm³/mol. The summed E-state index contributed by atoms with van der Waals surface area (Å²) in [4.78, 5) is 0.232. The van der Waals surface area contributed by atoms with Crippen LogP contribution in [0.3, 0.4) is 0 Å². The maximum atomic E-state index is 12.7. The zero-order valence-electron chi connectivity index (χ0n) is 13.1. The quantitative estimate of drug-likeness (QED) is 0.529. The normalized spacial score (nSPS) is 11.7. The standard InChI is InChI=1S/C18H15Br2NO2S/c1-11-3-6-14(7-4-11)24(22,23)21-18-16(19)10-13-9-12(2)5-8-15(13)17(18)20/h3-10,21H,1-2H3. The van der Waals surface area contributed by atoms with E-state index in [1.165, 1.54) is 0 Å². The van der Waals surface area contributed by atoms with Crippen LogP contribution < -0.4 is 4.72 Å². The number of fused-ring (bicyclic) bond motifs is 1. The second kappa shape index (κ2) is 6.50. The van der Waals surface area contributed by atoms with Gasteiger partial charge in [-0.15, -0.1) is 0 Å². The van der Waals surface area contributed by atoms with Gasteiger partial charge in [-0.25, -0.2) is 8.42 Å². The first-order valence-electron chi connectivity index (χ1n) is 7.26. The van der Waals surface area contributed by atoms with E-state index in [9.17, 15) is 8.42 Å². The van der Waals surface area contributed by atoms with Crippen molar-refractivity contribution in [2.75, 3.05) is 4.72 Å². The monoisotopic (exact) mass is 467 g/mol. The largest absolute Gasteiger partial charge is 0.277 e. The van der Waals surface area contributed by atoms with Crippen LogP contribution in [-0.4, -0.2) is 8.42 Å². The molecule has 0 saturated carbocycles. The smallest absolute Gasteiger partial charge is 0.261 e. The molecule has 0 saturated heterocycles. The van der Waals surface area contributed by atoms with Crippen LogP contribution in [0, 0.1) is 13.8 Å². The van der Waals surface area contributed by atoms with Crippen molar-refractivity contribution in [1.29, 1.82) is 0 Å². The van der Waals surface area contributed by atoms with E-state index in [0.717, 1.165) is 21.9 Å². The Morgan fingerprint density at radius 2 is 1.50 bits per heavy atom. The summed E-state index contributed by atoms with van der Waals surface area (Å²) in [5.74, 6) is 0. The highest BCUT2D eigenvalue weighted by atomic mass is 79.9. The third-order valence-corrected chi connectivity index (χ3v) is 6.57. The van der Waals surface area contributed by atoms with Crippen LogP contribution in [0.1, 0.15) is 11.1 Å². The fourth-order valence-electron chi connectivity index (χ4n) is 2.45. The number of hydrogen-bond donors (Lipinski definition) is 1. The molecule has 3 aromatic carbocycles. The summed E-state index contributed by atoms with van der Waals surface area (Å²) < 4.78 is 29.4. The molecule has 0 aliphatic heterocycles. The van der Waals surface area contributed by atoms with E-state index in [1.807, 2.05) is 32.0 Å². The van der Waals surface area contributed by atoms with Crippen molar-refractivity contribution in [2.24, 2.45) is 0 Å². The van der Waals surface area contributed by atoms with Crippen LogP contribution >= 0.6 is 31.9 Å². The van der Waals surface area contributed by atoms with Crippen molar-refractivity contribution in [3.8, 4) is 0 Å². The van der Waals surface area contributed by atoms with Crippen molar-refractivity contribution in [3.63, 3.8) is 0 Å². The number of hydrogen-bond acceptors (Lipinski definition) is 2. The zero-order valence-corrected chi connectivity index (χ0v) is 17.1. The summed E-state index contributed by atoms with van der Waals surface area (Å²) in [7, 11) is -3.66. The molecule has 0 aromatic heterocycles. The Morgan fingerprint density at radius 3 is 2.17 bits per heavy atom. The first kappa shape index (κ1) is 17.5. The van der Waals surface area contributed by atoms with Gasteiger partial charge in [0.2, 0.25) is 0 Å². The Labute approximate surface area is 158 Å². The minimum atomic E-state index is -3.66. The molecule has 3 rings (SSSR count). The molecule has 0 fully saturated rings. The maximum absolute atomic E-state index is 12.7. The number of rotatable bonds is 3. The number of sulfonamides is 1. The van der Waals surface area contributed by atoms with E-state index in [-0.39, 0.29) is 4.90 Å². The molecule has 124 valence electrons. The van der Waals surface area contributed by atoms with Gasteiger partial charge in [0.25, 0.3) is 10.0 Å². The van der Waals surface area contributed by atoms with Gasteiger partial charge < -0.3 is 0 Å². The van der Waals surface area contributed by atoms with Crippen molar-refractivity contribution in [1.82, 2.24) is 0 Å². The van der Waals surface area contributed by atoms with Crippen LogP contribution in [0.5, 0.6) is 0 Å². The van der Waals surface area contributed by atoms with E-state index in [0.29, 0.717) is 14.6 Å². The number of halogens is 2. The summed E-state index contributed by atoms with van der Waals surface area (Å²) in [6, 6.07) is 14.7. The summed E-state index contributed by atoms with van der Waals surface area (Å²) in [5.41, 5.74) is 2.65. The number of nitrogens with one attached hydrogen (secondary N) is 1. The second-order valence-electron chi connectivity index (χ2n) is 5.69. The van der Waals surface area contributed by atoms with Gasteiger partial charge in [0.1, 0.15) is 0 Å². The Balaban J connectivity index is 2.09. The van der Waals surface area contributed by atoms with Crippen molar-refractivity contribution in [3.05, 3.63) is 68.6 Å². The van der Waals surface area contributed by atoms with Crippen molar-refractivity contribution >= 4 is 58.3 Å². The third-order valence-electron chi connectivity index (χ3n) is 3.75. The zero-order chi connectivity index (χ0) is 17.5. The molecule has 24 heavy (non-hydrogen) atoms. The average molecular weight is 469 g/mol. The van der Waals surface area contributed by atoms with Gasteiger partial charge >= 0.3 is 0 Å². The van der Waals surface area contributed by atoms with E-state index < -0.39 is 10.0 Å². The van der Waals surface area contributed by atoms with Gasteiger partial charge in [-0.2, -0.15) is 0 Å². The molecule has 3 aromatic rings. The topological polar surface area (TPSA) is 46.2 Å². The van der Waals surface area contributed by atoms with Crippen LogP contribution in [0.25, 0.3) is 10.8 Å². The molecule has 0 aliphatic carbocycles. The molecular formula is C18H15Br2NO2S. The molecule has 0 radical (unpaired) electrons. The highest BCUT2D eigenvalue weighted by molar-refractivity contribution is 9.11. The molecule has 0 spiro atoms. The van der Waals surface area contributed by atoms with Crippen LogP contribution in [0.15, 0.2) is 62.4 Å². The van der Waals surface area contributed by atoms with Crippen molar-refractivity contribution in [2.45, 2.75) is 18.7 Å². The molecule has 3 nitrogen and oxygen atoms in total. The third kappa shape index (κ3) is 3.36. The molecular weight excluding hydrogens is 454 g/mol. The minimum absolute atomic E-state index is 0.232. The lowest BCUT2D eigenvalue weighted by Gasteiger charge is -2.14. The molecule has 0 aliphatic rings. The summed E-state index contributed by atoms with van der Waals surface area (Å²) in [6.07, 6.45) is 0. The van der Waals surface area contributed by atoms with Crippen LogP contribution in [0.2, 0.25) is 0 Å². The van der Waals surface area contributed by atoms with Gasteiger partial charge in [0.15, 0.2) is 0 Å². The van der Waals surface area contributed by atoms with E-state index in [1.54, 1.807) is 24.3 Å². The summed E-state index contributed by atoms with van der Waals surface area (Å²) in [5, 5.41) is 1.98. The van der Waals surface area contributed by atoms with Gasteiger partial charge in [-0.05, 0) is 74.7 Å². The molecule has 0 atom stereocenters. The fraction of sp³-hybridized carbons (Fsp3) is 0.111. The Morgan fingerprint density at radius 1 is 0.875 bits per heavy atom. The first-order valence-corrected chi connectivity index (χ1v) is 10.3. The lowest BCUT2D eigenvalue weighted by Crippen LogP contribution is -2.13. The van der Waals surface area contributed by atoms with Crippen LogP contribution in [0.4, 0.5) is 5.69 Å². The van der Waals surface area contributed by atoms with Gasteiger partial charge in [0.05, 0.1) is 15.1 Å². The Kier molecular flexibility index (Phi) is 4.73. The Bertz CT molecular complexity index is 1030. The second-order valence-corrected chi connectivity index (χ2v) is 9.02. The number of benzene rings is 3. The highest BCUT2D eigenvalue weighted by Crippen LogP contribution is 2.39. The number of aryl methyl sites for hydroxylation is 2. The predicted octanol–water partition coefficient (Wildman–Crippen LogP) is 5.78. The first-order chi connectivity index (χ1) is 11.3. The molecule has 0 bridgehead atoms. The lowest BCUT2D eigenvalue weighted by atomic mass is 10.1. The highest BCUT2D eigenvalue weighted by Gasteiger charge is 2.19.